The van der Waals surface area contributed by atoms with E-state index in [0.29, 0.717) is 30.7 Å². The van der Waals surface area contributed by atoms with Crippen molar-refractivity contribution in [3.63, 3.8) is 0 Å². The molecule has 0 aliphatic carbocycles. The molecule has 0 fully saturated rings. The summed E-state index contributed by atoms with van der Waals surface area (Å²) < 4.78 is 0. The van der Waals surface area contributed by atoms with Crippen LogP contribution in [0.25, 0.3) is 0 Å². The van der Waals surface area contributed by atoms with Crippen molar-refractivity contribution in [2.75, 3.05) is 20.1 Å². The number of rotatable bonds is 12. The fourth-order valence-corrected chi connectivity index (χ4v) is 2.07. The average molecular weight is 359 g/mol. The molecule has 0 aromatic rings. The molecule has 0 saturated carbocycles. The normalized spacial score (nSPS) is 11.4. The summed E-state index contributed by atoms with van der Waals surface area (Å²) in [5.41, 5.74) is 10.4. The molecule has 0 rings (SSSR count). The van der Waals surface area contributed by atoms with E-state index in [9.17, 15) is 24.3 Å². The maximum atomic E-state index is 12.3. The number of likely N-dealkylation sites (N-methyl/N-ethyl adjacent to an activating group) is 1. The smallest absolute Gasteiger partial charge is 0.327 e. The number of nitrogens with one attached hydrogen (secondary N) is 1. The molecular weight excluding hydrogens is 334 g/mol. The zero-order valence-corrected chi connectivity index (χ0v) is 14.1. The molecular formula is C14H25N5O6. The molecule has 0 saturated heterocycles. The third-order valence-electron chi connectivity index (χ3n) is 3.17. The standard InChI is InChI=1S/C14H25N5O6/c1-17-8-11(21)19(9(13(24)25)7-12(22)23)10(20)5-3-2-4-6-18-14(15)16/h9,17H,2-8H2,1H3,(H,22,23)(H,24,25)(H4,15,16,18)/t9-/m0/s1. The minimum atomic E-state index is -1.74. The van der Waals surface area contributed by atoms with Gasteiger partial charge in [0.15, 0.2) is 5.96 Å². The van der Waals surface area contributed by atoms with Crippen LogP contribution in [0, 0.1) is 0 Å². The minimum absolute atomic E-state index is 0.0297. The highest BCUT2D eigenvalue weighted by atomic mass is 16.4. The number of amides is 2. The van der Waals surface area contributed by atoms with E-state index in [4.69, 9.17) is 16.6 Å². The average Bonchev–Trinajstić information content (AvgIpc) is 2.49. The van der Waals surface area contributed by atoms with Crippen LogP contribution in [0.4, 0.5) is 0 Å². The molecule has 11 nitrogen and oxygen atoms in total. The van der Waals surface area contributed by atoms with Gasteiger partial charge in [-0.15, -0.1) is 0 Å². The second-order valence-corrected chi connectivity index (χ2v) is 5.26. The molecule has 7 N–H and O–H groups in total. The van der Waals surface area contributed by atoms with Crippen molar-refractivity contribution in [2.24, 2.45) is 16.5 Å². The molecule has 0 spiro atoms. The zero-order chi connectivity index (χ0) is 19.4. The second-order valence-electron chi connectivity index (χ2n) is 5.26. The van der Waals surface area contributed by atoms with Crippen LogP contribution in [0.15, 0.2) is 4.99 Å². The van der Waals surface area contributed by atoms with E-state index < -0.39 is 36.2 Å². The minimum Gasteiger partial charge on any atom is -0.481 e. The summed E-state index contributed by atoms with van der Waals surface area (Å²) in [4.78, 5) is 50.8. The summed E-state index contributed by atoms with van der Waals surface area (Å²) in [5.74, 6) is -4.51. The van der Waals surface area contributed by atoms with Gasteiger partial charge in [-0.05, 0) is 19.9 Å². The van der Waals surface area contributed by atoms with Gasteiger partial charge in [-0.3, -0.25) is 24.3 Å². The lowest BCUT2D eigenvalue weighted by Crippen LogP contribution is -2.51. The van der Waals surface area contributed by atoms with E-state index in [1.807, 2.05) is 0 Å². The first-order valence-corrected chi connectivity index (χ1v) is 7.70. The van der Waals surface area contributed by atoms with Crippen molar-refractivity contribution in [2.45, 2.75) is 38.1 Å². The Hall–Kier alpha value is -2.69. The number of carboxylic acids is 2. The molecule has 0 aliphatic heterocycles. The van der Waals surface area contributed by atoms with Gasteiger partial charge in [0.2, 0.25) is 11.8 Å². The number of carboxylic acid groups (broad SMARTS) is 2. The number of nitrogens with two attached hydrogens (primary N) is 2. The van der Waals surface area contributed by atoms with Gasteiger partial charge in [-0.25, -0.2) is 4.79 Å². The fourth-order valence-electron chi connectivity index (χ4n) is 2.07. The van der Waals surface area contributed by atoms with E-state index in [1.165, 1.54) is 7.05 Å². The topological polar surface area (TPSA) is 188 Å². The van der Waals surface area contributed by atoms with Crippen LogP contribution in [0.1, 0.15) is 32.1 Å². The Bertz CT molecular complexity index is 518. The molecule has 0 bridgehead atoms. The molecule has 0 aromatic heterocycles. The number of hydrogen-bond acceptors (Lipinski definition) is 6. The maximum absolute atomic E-state index is 12.3. The van der Waals surface area contributed by atoms with Crippen LogP contribution in [-0.4, -0.2) is 71.0 Å². The van der Waals surface area contributed by atoms with Crippen LogP contribution in [-0.2, 0) is 19.2 Å². The largest absolute Gasteiger partial charge is 0.481 e. The predicted molar refractivity (Wildman–Crippen MR) is 88.6 cm³/mol. The van der Waals surface area contributed by atoms with Gasteiger partial charge in [0.05, 0.1) is 13.0 Å². The van der Waals surface area contributed by atoms with Gasteiger partial charge < -0.3 is 27.0 Å². The van der Waals surface area contributed by atoms with Crippen molar-refractivity contribution >= 4 is 29.7 Å². The third kappa shape index (κ3) is 9.25. The van der Waals surface area contributed by atoms with E-state index in [2.05, 4.69) is 10.3 Å². The van der Waals surface area contributed by atoms with Crippen molar-refractivity contribution < 1.29 is 29.4 Å². The zero-order valence-electron chi connectivity index (χ0n) is 14.1. The Labute approximate surface area is 145 Å². The molecule has 0 radical (unpaired) electrons. The summed E-state index contributed by atoms with van der Waals surface area (Å²) >= 11 is 0. The van der Waals surface area contributed by atoms with Gasteiger partial charge >= 0.3 is 11.9 Å². The molecule has 0 heterocycles. The monoisotopic (exact) mass is 359 g/mol. The number of imide groups is 1. The molecule has 11 heteroatoms. The van der Waals surface area contributed by atoms with E-state index in [0.717, 1.165) is 0 Å². The van der Waals surface area contributed by atoms with Gasteiger partial charge in [0.25, 0.3) is 0 Å². The first kappa shape index (κ1) is 22.3. The van der Waals surface area contributed by atoms with Gasteiger partial charge in [-0.1, -0.05) is 6.42 Å². The van der Waals surface area contributed by atoms with E-state index >= 15 is 0 Å². The predicted octanol–water partition coefficient (Wildman–Crippen LogP) is -1.68. The number of nitrogens with zero attached hydrogens (tertiary/aromatic N) is 2. The number of unbranched alkanes of at least 4 members (excludes halogenated alkanes) is 2. The Morgan fingerprint density at radius 2 is 1.72 bits per heavy atom. The molecule has 25 heavy (non-hydrogen) atoms. The number of aliphatic carboxylic acids is 2. The maximum Gasteiger partial charge on any atom is 0.327 e. The fraction of sp³-hybridized carbons (Fsp3) is 0.643. The molecule has 0 aliphatic rings. The second kappa shape index (κ2) is 11.8. The molecule has 0 unspecified atom stereocenters. The highest BCUT2D eigenvalue weighted by molar-refractivity contribution is 6.00. The Balaban J connectivity index is 4.87. The summed E-state index contributed by atoms with van der Waals surface area (Å²) in [7, 11) is 1.46. The van der Waals surface area contributed by atoms with Crippen LogP contribution in [0.3, 0.4) is 0 Å². The summed E-state index contributed by atoms with van der Waals surface area (Å²) in [6.07, 6.45) is 0.656. The summed E-state index contributed by atoms with van der Waals surface area (Å²) in [6, 6.07) is -1.74. The molecule has 142 valence electrons. The molecule has 1 atom stereocenters. The van der Waals surface area contributed by atoms with Gasteiger partial charge in [0.1, 0.15) is 6.04 Å². The highest BCUT2D eigenvalue weighted by Gasteiger charge is 2.35. The Morgan fingerprint density at radius 3 is 2.20 bits per heavy atom. The third-order valence-corrected chi connectivity index (χ3v) is 3.17. The van der Waals surface area contributed by atoms with Crippen molar-refractivity contribution in [3.8, 4) is 0 Å². The SMILES string of the molecule is CNCC(=O)N(C(=O)CCCCCN=C(N)N)[C@@H](CC(=O)O)C(=O)O. The molecule has 0 aromatic carbocycles. The lowest BCUT2D eigenvalue weighted by Gasteiger charge is -2.26. The Morgan fingerprint density at radius 1 is 1.08 bits per heavy atom. The quantitative estimate of drug-likeness (QED) is 0.154. The van der Waals surface area contributed by atoms with Crippen LogP contribution in [0.2, 0.25) is 0 Å². The van der Waals surface area contributed by atoms with Crippen LogP contribution < -0.4 is 16.8 Å². The highest BCUT2D eigenvalue weighted by Crippen LogP contribution is 2.11. The number of carbonyl (C=O) groups excluding carboxylic acids is 2. The van der Waals surface area contributed by atoms with Gasteiger partial charge in [-0.2, -0.15) is 0 Å². The molecule has 2 amide bonds. The lowest BCUT2D eigenvalue weighted by molar-refractivity contribution is -0.160. The van der Waals surface area contributed by atoms with Gasteiger partial charge in [0, 0.05) is 13.0 Å². The number of hydrogen-bond donors (Lipinski definition) is 5. The number of guanidine groups is 1. The Kier molecular flexibility index (Phi) is 10.5. The van der Waals surface area contributed by atoms with Crippen molar-refractivity contribution in [1.29, 1.82) is 0 Å². The van der Waals surface area contributed by atoms with Crippen LogP contribution in [0.5, 0.6) is 0 Å². The van der Waals surface area contributed by atoms with Crippen molar-refractivity contribution in [3.05, 3.63) is 0 Å². The number of aliphatic imine (C=N–C) groups is 1. The summed E-state index contributed by atoms with van der Waals surface area (Å²) in [5, 5.41) is 20.5. The lowest BCUT2D eigenvalue weighted by atomic mass is 10.1. The number of carbonyl (C=O) groups is 4. The van der Waals surface area contributed by atoms with Crippen LogP contribution >= 0.6 is 0 Å². The van der Waals surface area contributed by atoms with E-state index in [-0.39, 0.29) is 18.9 Å². The summed E-state index contributed by atoms with van der Waals surface area (Å²) in [6.45, 7) is 0.120. The first-order chi connectivity index (χ1) is 11.7. The van der Waals surface area contributed by atoms with E-state index in [1.54, 1.807) is 0 Å². The first-order valence-electron chi connectivity index (χ1n) is 7.70. The van der Waals surface area contributed by atoms with Crippen molar-refractivity contribution in [1.82, 2.24) is 10.2 Å².